The van der Waals surface area contributed by atoms with E-state index in [0.717, 1.165) is 18.6 Å². The molecule has 0 aromatic heterocycles. The van der Waals surface area contributed by atoms with E-state index < -0.39 is 115 Å². The fourth-order valence-corrected chi connectivity index (χ4v) is 11.1. The highest BCUT2D eigenvalue weighted by atomic mass is 32.2. The van der Waals surface area contributed by atoms with Crippen LogP contribution in [0, 0.1) is 19.8 Å². The van der Waals surface area contributed by atoms with Gasteiger partial charge in [0.2, 0.25) is 41.4 Å². The highest BCUT2D eigenvalue weighted by Gasteiger charge is 2.42. The molecular formula is C57H81N9O16S. The first-order chi connectivity index (χ1) is 39.4. The van der Waals surface area contributed by atoms with Gasteiger partial charge in [0.25, 0.3) is 0 Å². The van der Waals surface area contributed by atoms with E-state index in [-0.39, 0.29) is 74.0 Å². The SMILES string of the molecule is CC(=O)NC(CCCCNC(=O)CCCCC1SCC2NC(=O)NC21)C(=O)NC(Cc1ccc(O)cc1)C(=O)NCCCCCC(=O)NC(CCC(=O)O)C(=O)NC(C(=O)NC(CC(=O)O)C(=O)COC(=O)c1c(C)cccc1C)C(C)C. The van der Waals surface area contributed by atoms with Crippen molar-refractivity contribution < 1.29 is 77.6 Å². The molecule has 0 bridgehead atoms. The summed E-state index contributed by atoms with van der Waals surface area (Å²) in [6, 6.07) is 4.69. The highest BCUT2D eigenvalue weighted by molar-refractivity contribution is 8.00. The standard InChI is InChI=1S/C57H81N9O16S/c1-32(2)50(55(79)62-40(29-48(74)75)43(69)30-82-56(80)49-33(3)14-13-15-34(49)4)65-54(78)39(24-25-47(72)73)61-46(71)19-7-6-11-27-59-52(76)41(28-36-20-22-37(68)23-21-36)63-53(77)38(60-35(5)67)16-10-12-26-58-45(70)18-9-8-17-44-51-42(31-83-44)64-57(81)66-51/h13-15,20-23,32,38-42,44,50-51,68H,6-12,16-19,24-31H2,1-5H3,(H,58,70)(H,59,76)(H,60,67)(H,61,71)(H,62,79)(H,63,77)(H,65,78)(H,72,73)(H,74,75)(H2,64,66,81). The Morgan fingerprint density at radius 3 is 1.94 bits per heavy atom. The van der Waals surface area contributed by atoms with Crippen molar-refractivity contribution in [3.05, 3.63) is 64.7 Å². The van der Waals surface area contributed by atoms with E-state index in [9.17, 15) is 72.9 Å². The van der Waals surface area contributed by atoms with E-state index >= 15 is 0 Å². The Balaban J connectivity index is 1.24. The van der Waals surface area contributed by atoms with Crippen molar-refractivity contribution in [2.75, 3.05) is 25.4 Å². The van der Waals surface area contributed by atoms with Gasteiger partial charge in [-0.05, 0) is 100.0 Å². The molecule has 8 atom stereocenters. The van der Waals surface area contributed by atoms with Crippen LogP contribution >= 0.6 is 11.8 Å². The summed E-state index contributed by atoms with van der Waals surface area (Å²) >= 11 is 1.83. The molecule has 26 heteroatoms. The molecule has 0 aliphatic carbocycles. The van der Waals surface area contributed by atoms with Crippen molar-refractivity contribution in [3.8, 4) is 5.75 Å². The van der Waals surface area contributed by atoms with Crippen molar-refractivity contribution in [3.63, 3.8) is 0 Å². The minimum Gasteiger partial charge on any atom is -0.508 e. The van der Waals surface area contributed by atoms with E-state index in [1.165, 1.54) is 19.1 Å². The predicted molar refractivity (Wildman–Crippen MR) is 305 cm³/mol. The van der Waals surface area contributed by atoms with Gasteiger partial charge in [0, 0.05) is 56.7 Å². The largest absolute Gasteiger partial charge is 0.508 e. The smallest absolute Gasteiger partial charge is 0.339 e. The van der Waals surface area contributed by atoms with E-state index in [1.807, 2.05) is 11.8 Å². The number of carboxylic acids is 2. The van der Waals surface area contributed by atoms with Crippen LogP contribution in [0.15, 0.2) is 42.5 Å². The van der Waals surface area contributed by atoms with Gasteiger partial charge in [-0.25, -0.2) is 9.59 Å². The summed E-state index contributed by atoms with van der Waals surface area (Å²) in [6.07, 6.45) is 3.17. The maximum atomic E-state index is 13.7. The van der Waals surface area contributed by atoms with Crippen LogP contribution in [0.4, 0.5) is 4.79 Å². The molecule has 2 heterocycles. The number of ether oxygens (including phenoxy) is 1. The maximum absolute atomic E-state index is 13.7. The van der Waals surface area contributed by atoms with Gasteiger partial charge in [0.15, 0.2) is 12.4 Å². The summed E-state index contributed by atoms with van der Waals surface area (Å²) in [5.41, 5.74) is 2.01. The zero-order valence-electron chi connectivity index (χ0n) is 47.7. The number of carboxylic acid groups (broad SMARTS) is 2. The second kappa shape index (κ2) is 34.6. The first kappa shape index (κ1) is 67.7. The van der Waals surface area contributed by atoms with Gasteiger partial charge in [0.1, 0.15) is 36.0 Å². The number of fused-ring (bicyclic) bond motifs is 1. The number of esters is 1. The number of hydrogen-bond donors (Lipinski definition) is 12. The summed E-state index contributed by atoms with van der Waals surface area (Å²) in [6.45, 7) is 7.34. The molecule has 2 aliphatic heterocycles. The number of amides is 9. The first-order valence-electron chi connectivity index (χ1n) is 28.1. The lowest BCUT2D eigenvalue weighted by atomic mass is 10.0. The number of phenolic OH excluding ortho intramolecular Hbond substituents is 1. The van der Waals surface area contributed by atoms with E-state index in [4.69, 9.17) is 4.74 Å². The van der Waals surface area contributed by atoms with Crippen LogP contribution in [0.1, 0.15) is 138 Å². The van der Waals surface area contributed by atoms with Gasteiger partial charge in [0.05, 0.1) is 24.1 Å². The average Bonchev–Trinajstić information content (AvgIpc) is 3.90. The van der Waals surface area contributed by atoms with Crippen molar-refractivity contribution in [2.45, 2.75) is 178 Å². The lowest BCUT2D eigenvalue weighted by molar-refractivity contribution is -0.141. The van der Waals surface area contributed by atoms with Gasteiger partial charge in [-0.15, -0.1) is 0 Å². The Labute approximate surface area is 486 Å². The Hall–Kier alpha value is -7.77. The first-order valence-corrected chi connectivity index (χ1v) is 29.1. The monoisotopic (exact) mass is 1180 g/mol. The van der Waals surface area contributed by atoms with Crippen molar-refractivity contribution >= 4 is 82.8 Å². The van der Waals surface area contributed by atoms with Crippen molar-refractivity contribution in [2.24, 2.45) is 5.92 Å². The molecule has 2 saturated heterocycles. The third-order valence-electron chi connectivity index (χ3n) is 14.1. The van der Waals surface area contributed by atoms with Crippen LogP contribution in [0.25, 0.3) is 0 Å². The number of benzene rings is 2. The molecule has 0 radical (unpaired) electrons. The normalized spacial score (nSPS) is 16.9. The summed E-state index contributed by atoms with van der Waals surface area (Å²) in [4.78, 5) is 153. The molecule has 4 rings (SSSR count). The fourth-order valence-electron chi connectivity index (χ4n) is 9.57. The Kier molecular flexibility index (Phi) is 28.3. The molecule has 2 aromatic carbocycles. The molecule has 12 N–H and O–H groups in total. The number of aromatic hydroxyl groups is 1. The summed E-state index contributed by atoms with van der Waals surface area (Å²) in [5.74, 6) is -8.49. The van der Waals surface area contributed by atoms with Crippen LogP contribution in [-0.2, 0) is 59.1 Å². The number of hydrogen-bond acceptors (Lipinski definition) is 15. The molecule has 2 fully saturated rings. The lowest BCUT2D eigenvalue weighted by Gasteiger charge is -2.27. The second-order valence-corrected chi connectivity index (χ2v) is 22.5. The quantitative estimate of drug-likeness (QED) is 0.0262. The van der Waals surface area contributed by atoms with Crippen LogP contribution in [0.3, 0.4) is 0 Å². The van der Waals surface area contributed by atoms with E-state index in [2.05, 4.69) is 47.9 Å². The number of carbonyl (C=O) groups excluding carboxylic acids is 10. The molecule has 9 amide bonds. The number of carbonyl (C=O) groups is 12. The number of Topliss-reactive ketones (excluding diaryl/α,β-unsaturated/α-hetero) is 1. The predicted octanol–water partition coefficient (Wildman–Crippen LogP) is 2.11. The third kappa shape index (κ3) is 23.9. The number of aliphatic carboxylic acids is 2. The van der Waals surface area contributed by atoms with Crippen molar-refractivity contribution in [1.29, 1.82) is 0 Å². The number of rotatable bonds is 37. The molecule has 2 aromatic rings. The zero-order chi connectivity index (χ0) is 61.2. The molecule has 83 heavy (non-hydrogen) atoms. The third-order valence-corrected chi connectivity index (χ3v) is 15.6. The minimum atomic E-state index is -1.67. The number of urea groups is 1. The van der Waals surface area contributed by atoms with Crippen LogP contribution in [0.5, 0.6) is 5.75 Å². The topological polar surface area (TPSA) is 383 Å². The maximum Gasteiger partial charge on any atom is 0.339 e. The lowest BCUT2D eigenvalue weighted by Crippen LogP contribution is -2.57. The summed E-state index contributed by atoms with van der Waals surface area (Å²) in [5, 5.41) is 53.5. The molecule has 0 saturated carbocycles. The Morgan fingerprint density at radius 1 is 0.651 bits per heavy atom. The molecule has 25 nitrogen and oxygen atoms in total. The van der Waals surface area contributed by atoms with Crippen molar-refractivity contribution in [1.82, 2.24) is 47.9 Å². The van der Waals surface area contributed by atoms with Crippen LogP contribution < -0.4 is 47.9 Å². The molecular weight excluding hydrogens is 1100 g/mol. The van der Waals surface area contributed by atoms with Gasteiger partial charge in [-0.1, -0.05) is 57.0 Å². The highest BCUT2D eigenvalue weighted by Crippen LogP contribution is 2.33. The summed E-state index contributed by atoms with van der Waals surface area (Å²) in [7, 11) is 0. The zero-order valence-corrected chi connectivity index (χ0v) is 48.5. The van der Waals surface area contributed by atoms with E-state index in [0.29, 0.717) is 67.0 Å². The number of unbranched alkanes of at least 4 members (excludes halogenated alkanes) is 4. The number of thioether (sulfide) groups is 1. The second-order valence-electron chi connectivity index (χ2n) is 21.3. The molecule has 8 unspecified atom stereocenters. The minimum absolute atomic E-state index is 0.00261. The number of phenols is 1. The van der Waals surface area contributed by atoms with Crippen LogP contribution in [-0.4, -0.2) is 159 Å². The summed E-state index contributed by atoms with van der Waals surface area (Å²) < 4.78 is 5.19. The fraction of sp³-hybridized carbons (Fsp3) is 0.579. The van der Waals surface area contributed by atoms with E-state index in [1.54, 1.807) is 58.0 Å². The number of aryl methyl sites for hydroxylation is 2. The molecule has 0 spiro atoms. The number of nitrogens with one attached hydrogen (secondary N) is 9. The average molecular weight is 1180 g/mol. The number of ketones is 1. The van der Waals surface area contributed by atoms with Gasteiger partial charge < -0.3 is 67.9 Å². The van der Waals surface area contributed by atoms with Gasteiger partial charge in [-0.3, -0.25) is 47.9 Å². The molecule has 2 aliphatic rings. The van der Waals surface area contributed by atoms with Gasteiger partial charge in [-0.2, -0.15) is 11.8 Å². The Morgan fingerprint density at radius 2 is 1.28 bits per heavy atom. The van der Waals surface area contributed by atoms with Gasteiger partial charge >= 0.3 is 23.9 Å². The Bertz CT molecular complexity index is 2600. The molecule has 456 valence electrons. The van der Waals surface area contributed by atoms with Crippen LogP contribution in [0.2, 0.25) is 0 Å².